The fourth-order valence-corrected chi connectivity index (χ4v) is 2.98. The van der Waals surface area contributed by atoms with Crippen molar-refractivity contribution in [2.75, 3.05) is 11.9 Å². The first-order valence-corrected chi connectivity index (χ1v) is 8.76. The number of benzene rings is 1. The van der Waals surface area contributed by atoms with Crippen LogP contribution < -0.4 is 10.6 Å². The summed E-state index contributed by atoms with van der Waals surface area (Å²) in [5.41, 5.74) is 2.53. The molecular formula is C18H16BrN5O2. The fourth-order valence-electron chi connectivity index (χ4n) is 2.74. The number of nitrogens with zero attached hydrogens (tertiary/aromatic N) is 3. The standard InChI is InChI=1S/C18H16BrN5O2/c1-11(15-6-5-13(19)8-21-15)22-17(25)10-24-9-14-12(7-20)3-2-4-16(14)23-18(24)26/h2-6,8,11H,9-10H2,1H3,(H,22,25)(H,23,26)/t11-/m0/s1. The number of amides is 3. The molecule has 0 radical (unpaired) electrons. The number of fused-ring (bicyclic) bond motifs is 1. The Labute approximate surface area is 159 Å². The van der Waals surface area contributed by atoms with Gasteiger partial charge in [0.25, 0.3) is 0 Å². The summed E-state index contributed by atoms with van der Waals surface area (Å²) in [6.45, 7) is 1.93. The Kier molecular flexibility index (Phi) is 5.19. The summed E-state index contributed by atoms with van der Waals surface area (Å²) >= 11 is 3.32. The number of aromatic nitrogens is 1. The first kappa shape index (κ1) is 17.9. The second-order valence-corrected chi connectivity index (χ2v) is 6.84. The maximum absolute atomic E-state index is 12.3. The predicted molar refractivity (Wildman–Crippen MR) is 99.1 cm³/mol. The lowest BCUT2D eigenvalue weighted by Crippen LogP contribution is -2.45. The summed E-state index contributed by atoms with van der Waals surface area (Å²) in [6, 6.07) is 10.3. The zero-order chi connectivity index (χ0) is 18.7. The van der Waals surface area contributed by atoms with Crippen LogP contribution in [0.3, 0.4) is 0 Å². The van der Waals surface area contributed by atoms with Crippen LogP contribution in [-0.4, -0.2) is 28.4 Å². The van der Waals surface area contributed by atoms with Crippen molar-refractivity contribution in [2.45, 2.75) is 19.5 Å². The fraction of sp³-hybridized carbons (Fsp3) is 0.222. The molecule has 0 aliphatic carbocycles. The van der Waals surface area contributed by atoms with Crippen LogP contribution in [0.5, 0.6) is 0 Å². The van der Waals surface area contributed by atoms with Crippen LogP contribution in [0.25, 0.3) is 0 Å². The van der Waals surface area contributed by atoms with E-state index in [0.717, 1.165) is 10.2 Å². The number of urea groups is 1. The molecule has 0 unspecified atom stereocenters. The van der Waals surface area contributed by atoms with E-state index < -0.39 is 0 Å². The molecule has 8 heteroatoms. The molecule has 7 nitrogen and oxygen atoms in total. The third-order valence-electron chi connectivity index (χ3n) is 4.08. The first-order chi connectivity index (χ1) is 12.5. The molecule has 0 spiro atoms. The number of hydrogen-bond acceptors (Lipinski definition) is 4. The first-order valence-electron chi connectivity index (χ1n) is 7.96. The minimum atomic E-state index is -0.364. The molecule has 2 aromatic rings. The molecule has 3 amide bonds. The van der Waals surface area contributed by atoms with Gasteiger partial charge in [-0.05, 0) is 47.1 Å². The Morgan fingerprint density at radius 3 is 2.96 bits per heavy atom. The van der Waals surface area contributed by atoms with Crippen LogP contribution in [0.4, 0.5) is 10.5 Å². The minimum Gasteiger partial charge on any atom is -0.346 e. The number of rotatable bonds is 4. The summed E-state index contributed by atoms with van der Waals surface area (Å²) in [5, 5.41) is 14.8. The molecule has 0 saturated heterocycles. The van der Waals surface area contributed by atoms with Gasteiger partial charge in [0.05, 0.1) is 29.9 Å². The van der Waals surface area contributed by atoms with Crippen LogP contribution in [0.15, 0.2) is 41.0 Å². The van der Waals surface area contributed by atoms with Gasteiger partial charge in [-0.25, -0.2) is 4.79 Å². The van der Waals surface area contributed by atoms with E-state index in [4.69, 9.17) is 0 Å². The van der Waals surface area contributed by atoms with Gasteiger partial charge in [-0.2, -0.15) is 5.26 Å². The van der Waals surface area contributed by atoms with Gasteiger partial charge in [0, 0.05) is 21.9 Å². The molecule has 3 rings (SSSR count). The Hall–Kier alpha value is -2.92. The van der Waals surface area contributed by atoms with Gasteiger partial charge < -0.3 is 15.5 Å². The Bertz CT molecular complexity index is 891. The number of halogens is 1. The van der Waals surface area contributed by atoms with E-state index in [1.54, 1.807) is 24.4 Å². The SMILES string of the molecule is C[C@H](NC(=O)CN1Cc2c(C#N)cccc2NC1=O)c1ccc(Br)cn1. The van der Waals surface area contributed by atoms with Crippen molar-refractivity contribution in [3.8, 4) is 6.07 Å². The lowest BCUT2D eigenvalue weighted by atomic mass is 10.0. The highest BCUT2D eigenvalue weighted by molar-refractivity contribution is 9.10. The van der Waals surface area contributed by atoms with Gasteiger partial charge in [-0.3, -0.25) is 9.78 Å². The second-order valence-electron chi connectivity index (χ2n) is 5.92. The molecule has 2 heterocycles. The summed E-state index contributed by atoms with van der Waals surface area (Å²) in [4.78, 5) is 30.2. The van der Waals surface area contributed by atoms with Crippen LogP contribution >= 0.6 is 15.9 Å². The Balaban J connectivity index is 1.66. The molecule has 1 atom stereocenters. The van der Waals surface area contributed by atoms with Gasteiger partial charge in [0.1, 0.15) is 6.54 Å². The van der Waals surface area contributed by atoms with Crippen LogP contribution in [0, 0.1) is 11.3 Å². The summed E-state index contributed by atoms with van der Waals surface area (Å²) in [6.07, 6.45) is 1.66. The second kappa shape index (κ2) is 7.54. The summed E-state index contributed by atoms with van der Waals surface area (Å²) in [5.74, 6) is -0.296. The molecule has 1 aromatic heterocycles. The van der Waals surface area contributed by atoms with E-state index >= 15 is 0 Å². The maximum atomic E-state index is 12.3. The van der Waals surface area contributed by atoms with Crippen molar-refractivity contribution in [1.82, 2.24) is 15.2 Å². The molecule has 1 aromatic carbocycles. The normalized spacial score (nSPS) is 14.0. The number of carbonyl (C=O) groups excluding carboxylic acids is 2. The minimum absolute atomic E-state index is 0.105. The van der Waals surface area contributed by atoms with Gasteiger partial charge in [-0.1, -0.05) is 6.07 Å². The molecule has 0 bridgehead atoms. The van der Waals surface area contributed by atoms with E-state index in [2.05, 4.69) is 37.6 Å². The molecule has 1 aliphatic rings. The molecule has 26 heavy (non-hydrogen) atoms. The number of nitriles is 1. The largest absolute Gasteiger partial charge is 0.346 e. The predicted octanol–water partition coefficient (Wildman–Crippen LogP) is 2.94. The van der Waals surface area contributed by atoms with Crippen molar-refractivity contribution in [3.05, 3.63) is 57.8 Å². The quantitative estimate of drug-likeness (QED) is 0.804. The van der Waals surface area contributed by atoms with Crippen molar-refractivity contribution >= 4 is 33.6 Å². The lowest BCUT2D eigenvalue weighted by Gasteiger charge is -2.29. The zero-order valence-electron chi connectivity index (χ0n) is 14.0. The highest BCUT2D eigenvalue weighted by Gasteiger charge is 2.26. The van der Waals surface area contributed by atoms with Crippen molar-refractivity contribution in [2.24, 2.45) is 0 Å². The molecular weight excluding hydrogens is 398 g/mol. The van der Waals surface area contributed by atoms with E-state index in [1.807, 2.05) is 19.1 Å². The summed E-state index contributed by atoms with van der Waals surface area (Å²) in [7, 11) is 0. The Morgan fingerprint density at radius 1 is 1.46 bits per heavy atom. The smallest absolute Gasteiger partial charge is 0.322 e. The van der Waals surface area contributed by atoms with Gasteiger partial charge in [0.2, 0.25) is 5.91 Å². The molecule has 1 aliphatic heterocycles. The van der Waals surface area contributed by atoms with Crippen LogP contribution in [0.1, 0.15) is 29.8 Å². The van der Waals surface area contributed by atoms with E-state index in [9.17, 15) is 14.9 Å². The number of hydrogen-bond donors (Lipinski definition) is 2. The highest BCUT2D eigenvalue weighted by Crippen LogP contribution is 2.26. The number of anilines is 1. The summed E-state index contributed by atoms with van der Waals surface area (Å²) < 4.78 is 0.858. The van der Waals surface area contributed by atoms with E-state index in [-0.39, 0.29) is 31.1 Å². The highest BCUT2D eigenvalue weighted by atomic mass is 79.9. The van der Waals surface area contributed by atoms with E-state index in [0.29, 0.717) is 16.8 Å². The van der Waals surface area contributed by atoms with Crippen LogP contribution in [-0.2, 0) is 11.3 Å². The van der Waals surface area contributed by atoms with Gasteiger partial charge >= 0.3 is 6.03 Å². The molecule has 2 N–H and O–H groups in total. The number of pyridine rings is 1. The molecule has 132 valence electrons. The topological polar surface area (TPSA) is 98.1 Å². The van der Waals surface area contributed by atoms with Gasteiger partial charge in [-0.15, -0.1) is 0 Å². The lowest BCUT2D eigenvalue weighted by molar-refractivity contribution is -0.122. The third kappa shape index (κ3) is 3.83. The van der Waals surface area contributed by atoms with Crippen LogP contribution in [0.2, 0.25) is 0 Å². The molecule has 0 saturated carbocycles. The number of nitrogens with one attached hydrogen (secondary N) is 2. The molecule has 0 fully saturated rings. The average molecular weight is 414 g/mol. The van der Waals surface area contributed by atoms with Crippen molar-refractivity contribution < 1.29 is 9.59 Å². The zero-order valence-corrected chi connectivity index (χ0v) is 15.6. The van der Waals surface area contributed by atoms with Crippen molar-refractivity contribution in [1.29, 1.82) is 5.26 Å². The maximum Gasteiger partial charge on any atom is 0.322 e. The van der Waals surface area contributed by atoms with E-state index in [1.165, 1.54) is 4.90 Å². The Morgan fingerprint density at radius 2 is 2.27 bits per heavy atom. The average Bonchev–Trinajstić information content (AvgIpc) is 2.62. The monoisotopic (exact) mass is 413 g/mol. The third-order valence-corrected chi connectivity index (χ3v) is 4.55. The number of carbonyl (C=O) groups is 2. The van der Waals surface area contributed by atoms with Crippen molar-refractivity contribution in [3.63, 3.8) is 0 Å². The van der Waals surface area contributed by atoms with Gasteiger partial charge in [0.15, 0.2) is 0 Å².